The molecule has 0 amide bonds. The summed E-state index contributed by atoms with van der Waals surface area (Å²) in [5.41, 5.74) is 0. The van der Waals surface area contributed by atoms with E-state index in [1.165, 1.54) is 0 Å². The first-order valence-electron chi connectivity index (χ1n) is 8.81. The third-order valence-corrected chi connectivity index (χ3v) is 7.72. The smallest absolute Gasteiger partial charge is 0.322 e. The third kappa shape index (κ3) is 3.72. The van der Waals surface area contributed by atoms with E-state index in [0.717, 1.165) is 38.5 Å². The van der Waals surface area contributed by atoms with Crippen LogP contribution in [-0.4, -0.2) is 44.0 Å². The summed E-state index contributed by atoms with van der Waals surface area (Å²) < 4.78 is 33.0. The molecule has 0 aromatic carbocycles. The molecule has 23 heavy (non-hydrogen) atoms. The van der Waals surface area contributed by atoms with Gasteiger partial charge in [-0.2, -0.15) is 0 Å². The van der Waals surface area contributed by atoms with Gasteiger partial charge in [-0.25, -0.2) is 13.1 Å². The second kappa shape index (κ2) is 7.07. The first-order valence-corrected chi connectivity index (χ1v) is 10.4. The van der Waals surface area contributed by atoms with Crippen LogP contribution in [0.1, 0.15) is 51.4 Å². The average molecular weight is 345 g/mol. The molecule has 2 aliphatic carbocycles. The summed E-state index contributed by atoms with van der Waals surface area (Å²) in [7, 11) is -3.66. The van der Waals surface area contributed by atoms with Crippen molar-refractivity contribution in [2.75, 3.05) is 13.2 Å². The van der Waals surface area contributed by atoms with Gasteiger partial charge in [-0.15, -0.1) is 0 Å². The molecule has 132 valence electrons. The Balaban J connectivity index is 1.75. The van der Waals surface area contributed by atoms with Crippen LogP contribution in [0, 0.1) is 17.8 Å². The standard InChI is InChI=1S/C16H27NO5S/c18-16(19)15(14(11-4-1-5-11)12-6-2-7-12)17-23(20,21)13-8-3-9-22-10-13/h11-15,17H,1-10H2,(H,18,19). The van der Waals surface area contributed by atoms with E-state index < -0.39 is 27.3 Å². The number of hydrogen-bond acceptors (Lipinski definition) is 4. The third-order valence-electron chi connectivity index (χ3n) is 5.89. The summed E-state index contributed by atoms with van der Waals surface area (Å²) in [6, 6.07) is -0.988. The predicted octanol–water partition coefficient (Wildman–Crippen LogP) is 1.75. The van der Waals surface area contributed by atoms with E-state index in [0.29, 0.717) is 31.3 Å². The number of sulfonamides is 1. The van der Waals surface area contributed by atoms with Crippen LogP contribution in [0.5, 0.6) is 0 Å². The van der Waals surface area contributed by atoms with Crippen LogP contribution in [0.15, 0.2) is 0 Å². The minimum Gasteiger partial charge on any atom is -0.480 e. The second-order valence-corrected chi connectivity index (χ2v) is 9.27. The van der Waals surface area contributed by atoms with Crippen molar-refractivity contribution in [3.05, 3.63) is 0 Å². The number of nitrogens with one attached hydrogen (secondary N) is 1. The fourth-order valence-electron chi connectivity index (χ4n) is 4.10. The second-order valence-electron chi connectivity index (χ2n) is 7.28. The Bertz CT molecular complexity index is 507. The zero-order chi connectivity index (χ0) is 16.4. The maximum atomic E-state index is 12.6. The van der Waals surface area contributed by atoms with E-state index in [9.17, 15) is 18.3 Å². The molecular formula is C16H27NO5S. The molecule has 0 bridgehead atoms. The van der Waals surface area contributed by atoms with Gasteiger partial charge in [-0.3, -0.25) is 4.79 Å². The van der Waals surface area contributed by atoms with Crippen molar-refractivity contribution < 1.29 is 23.1 Å². The zero-order valence-corrected chi connectivity index (χ0v) is 14.3. The van der Waals surface area contributed by atoms with E-state index >= 15 is 0 Å². The van der Waals surface area contributed by atoms with Gasteiger partial charge in [0.15, 0.2) is 0 Å². The Kier molecular flexibility index (Phi) is 5.28. The van der Waals surface area contributed by atoms with E-state index in [4.69, 9.17) is 4.74 Å². The molecule has 2 atom stereocenters. The van der Waals surface area contributed by atoms with Crippen molar-refractivity contribution in [2.24, 2.45) is 17.8 Å². The Labute approximate surface area is 138 Å². The van der Waals surface area contributed by atoms with Gasteiger partial charge in [0.05, 0.1) is 11.9 Å². The monoisotopic (exact) mass is 345 g/mol. The van der Waals surface area contributed by atoms with Crippen molar-refractivity contribution in [2.45, 2.75) is 62.7 Å². The minimum absolute atomic E-state index is 0.0608. The molecule has 2 saturated carbocycles. The molecule has 2 unspecified atom stereocenters. The van der Waals surface area contributed by atoms with Crippen LogP contribution in [-0.2, 0) is 19.6 Å². The maximum Gasteiger partial charge on any atom is 0.322 e. The summed E-state index contributed by atoms with van der Waals surface area (Å²) in [6.07, 6.45) is 7.61. The van der Waals surface area contributed by atoms with Gasteiger partial charge in [-0.05, 0) is 30.6 Å². The van der Waals surface area contributed by atoms with E-state index in [2.05, 4.69) is 4.72 Å². The van der Waals surface area contributed by atoms with Crippen LogP contribution in [0.4, 0.5) is 0 Å². The summed E-state index contributed by atoms with van der Waals surface area (Å²) in [4.78, 5) is 11.8. The molecule has 1 aliphatic heterocycles. The van der Waals surface area contributed by atoms with Crippen molar-refractivity contribution in [3.63, 3.8) is 0 Å². The predicted molar refractivity (Wildman–Crippen MR) is 85.5 cm³/mol. The molecule has 3 fully saturated rings. The molecule has 3 rings (SSSR count). The van der Waals surface area contributed by atoms with Gasteiger partial charge in [0, 0.05) is 6.61 Å². The highest BCUT2D eigenvalue weighted by atomic mass is 32.2. The molecular weight excluding hydrogens is 318 g/mol. The highest BCUT2D eigenvalue weighted by molar-refractivity contribution is 7.90. The van der Waals surface area contributed by atoms with E-state index in [-0.39, 0.29) is 12.5 Å². The lowest BCUT2D eigenvalue weighted by molar-refractivity contribution is -0.143. The number of carboxylic acid groups (broad SMARTS) is 1. The number of ether oxygens (including phenoxy) is 1. The Morgan fingerprint density at radius 2 is 1.65 bits per heavy atom. The first-order chi connectivity index (χ1) is 11.0. The number of carboxylic acids is 1. The zero-order valence-electron chi connectivity index (χ0n) is 13.4. The van der Waals surface area contributed by atoms with Gasteiger partial charge < -0.3 is 9.84 Å². The number of carbonyl (C=O) groups is 1. The lowest BCUT2D eigenvalue weighted by Gasteiger charge is -2.45. The van der Waals surface area contributed by atoms with Crippen LogP contribution in [0.2, 0.25) is 0 Å². The summed E-state index contributed by atoms with van der Waals surface area (Å²) in [5.74, 6) is -0.387. The van der Waals surface area contributed by atoms with Gasteiger partial charge in [0.2, 0.25) is 10.0 Å². The molecule has 0 aromatic heterocycles. The molecule has 6 nitrogen and oxygen atoms in total. The topological polar surface area (TPSA) is 92.7 Å². The van der Waals surface area contributed by atoms with Crippen LogP contribution in [0.3, 0.4) is 0 Å². The molecule has 1 saturated heterocycles. The van der Waals surface area contributed by atoms with Crippen molar-refractivity contribution >= 4 is 16.0 Å². The minimum atomic E-state index is -3.66. The van der Waals surface area contributed by atoms with Crippen LogP contribution in [0.25, 0.3) is 0 Å². The number of rotatable bonds is 7. The highest BCUT2D eigenvalue weighted by Crippen LogP contribution is 2.46. The van der Waals surface area contributed by atoms with Gasteiger partial charge in [0.1, 0.15) is 6.04 Å². The summed E-state index contributed by atoms with van der Waals surface area (Å²) in [6.45, 7) is 0.750. The molecule has 7 heteroatoms. The molecule has 0 aromatic rings. The molecule has 0 spiro atoms. The van der Waals surface area contributed by atoms with Crippen molar-refractivity contribution in [3.8, 4) is 0 Å². The van der Waals surface area contributed by atoms with E-state index in [1.54, 1.807) is 0 Å². The van der Waals surface area contributed by atoms with Crippen molar-refractivity contribution in [1.82, 2.24) is 4.72 Å². The number of aliphatic carboxylic acids is 1. The Morgan fingerprint density at radius 1 is 1.04 bits per heavy atom. The molecule has 1 heterocycles. The quantitative estimate of drug-likeness (QED) is 0.733. The normalized spacial score (nSPS) is 28.1. The molecule has 2 N–H and O–H groups in total. The molecule has 3 aliphatic rings. The van der Waals surface area contributed by atoms with Crippen molar-refractivity contribution in [1.29, 1.82) is 0 Å². The highest BCUT2D eigenvalue weighted by Gasteiger charge is 2.46. The molecule has 0 radical (unpaired) electrons. The van der Waals surface area contributed by atoms with Crippen LogP contribution >= 0.6 is 0 Å². The fraction of sp³-hybridized carbons (Fsp3) is 0.938. The SMILES string of the molecule is O=C(O)C(NS(=O)(=O)C1CCCOC1)C(C1CCC1)C1CCC1. The van der Waals surface area contributed by atoms with Gasteiger partial charge >= 0.3 is 5.97 Å². The summed E-state index contributed by atoms with van der Waals surface area (Å²) >= 11 is 0. The van der Waals surface area contributed by atoms with Gasteiger partial charge in [0.25, 0.3) is 0 Å². The first kappa shape index (κ1) is 17.2. The van der Waals surface area contributed by atoms with Gasteiger partial charge in [-0.1, -0.05) is 38.5 Å². The number of hydrogen-bond donors (Lipinski definition) is 2. The van der Waals surface area contributed by atoms with Crippen LogP contribution < -0.4 is 4.72 Å². The maximum absolute atomic E-state index is 12.6. The van der Waals surface area contributed by atoms with E-state index in [1.807, 2.05) is 0 Å². The lowest BCUT2D eigenvalue weighted by atomic mass is 9.62. The largest absolute Gasteiger partial charge is 0.480 e. The Morgan fingerprint density at radius 3 is 2.04 bits per heavy atom. The Hall–Kier alpha value is -0.660. The summed E-state index contributed by atoms with van der Waals surface area (Å²) in [5, 5.41) is 9.06. The lowest BCUT2D eigenvalue weighted by Crippen LogP contribution is -2.55. The fourth-order valence-corrected chi connectivity index (χ4v) is 5.66. The average Bonchev–Trinajstić information content (AvgIpc) is 2.41.